The fourth-order valence-electron chi connectivity index (χ4n) is 3.60. The van der Waals surface area contributed by atoms with Crippen LogP contribution in [-0.2, 0) is 34.8 Å². The van der Waals surface area contributed by atoms with Crippen LogP contribution in [0.15, 0.2) is 91.1 Å². The third-order valence-corrected chi connectivity index (χ3v) is 5.02. The molecule has 0 spiro atoms. The first-order valence-corrected chi connectivity index (χ1v) is 10.0. The summed E-state index contributed by atoms with van der Waals surface area (Å²) in [6, 6.07) is 28.8. The first-order chi connectivity index (χ1) is 16.3. The molecule has 0 aliphatic rings. The Bertz CT molecular complexity index is 1330. The van der Waals surface area contributed by atoms with Gasteiger partial charge in [0.25, 0.3) is 0 Å². The van der Waals surface area contributed by atoms with Crippen LogP contribution in [0.2, 0.25) is 5.15 Å². The van der Waals surface area contributed by atoms with Crippen molar-refractivity contribution in [1.29, 1.82) is 0 Å². The first-order valence-electron chi connectivity index (χ1n) is 9.67. The van der Waals surface area contributed by atoms with E-state index in [1.807, 2.05) is 75.1 Å². The molecule has 5 aromatic rings. The van der Waals surface area contributed by atoms with Crippen molar-refractivity contribution in [3.63, 3.8) is 0 Å². The maximum atomic E-state index is 8.00. The van der Waals surface area contributed by atoms with Crippen molar-refractivity contribution >= 4 is 53.8 Å². The summed E-state index contributed by atoms with van der Waals surface area (Å²) in [7, 11) is 0. The number of benzene rings is 3. The fourth-order valence-corrected chi connectivity index (χ4v) is 3.79. The topological polar surface area (TPSA) is 77.0 Å². The smallest absolute Gasteiger partial charge is 0.130 e. The summed E-state index contributed by atoms with van der Waals surface area (Å²) in [6.45, 7) is 6.00. The molecule has 171 valence electrons. The molecule has 2 aromatic heterocycles. The molecule has 5 nitrogen and oxygen atoms in total. The maximum Gasteiger partial charge on any atom is 0.130 e. The molecule has 2 heterocycles. The number of aromatic nitrogens is 2. The van der Waals surface area contributed by atoms with Gasteiger partial charge in [-0.05, 0) is 34.4 Å². The molecule has 0 unspecified atom stereocenters. The van der Waals surface area contributed by atoms with E-state index < -0.39 is 0 Å². The van der Waals surface area contributed by atoms with Crippen molar-refractivity contribution in [2.75, 3.05) is 0 Å². The average molecular weight is 643 g/mol. The first kappa shape index (κ1) is 28.5. The number of nitrogens with zero attached hydrogens (tertiary/aromatic N) is 2. The predicted octanol–water partition coefficient (Wildman–Crippen LogP) is 6.21. The molecule has 0 amide bonds. The van der Waals surface area contributed by atoms with Crippen LogP contribution in [0.1, 0.15) is 0 Å². The van der Waals surface area contributed by atoms with E-state index in [1.165, 1.54) is 0 Å². The standard InChI is InChI=1S/C24H15ClN2.3CH2O.Re/c25-22-15-21(17-9-5-2-6-10-17)20-12-11-19-18(16-7-3-1-4-8-16)13-14-26-23(19)24(20)27-22;3*1-2;/h1-15H;3*1H2;. The van der Waals surface area contributed by atoms with E-state index in [1.54, 1.807) is 0 Å². The van der Waals surface area contributed by atoms with Crippen molar-refractivity contribution in [2.24, 2.45) is 0 Å². The number of hydrogen-bond acceptors (Lipinski definition) is 5. The number of carbonyl (C=O) groups excluding carboxylic acids is 3. The van der Waals surface area contributed by atoms with Crippen LogP contribution in [0.3, 0.4) is 0 Å². The van der Waals surface area contributed by atoms with Gasteiger partial charge >= 0.3 is 0 Å². The zero-order valence-electron chi connectivity index (χ0n) is 18.2. The molecule has 0 bridgehead atoms. The molecule has 0 aliphatic heterocycles. The number of halogens is 1. The third-order valence-electron chi connectivity index (χ3n) is 4.83. The molecular weight excluding hydrogens is 622 g/mol. The van der Waals surface area contributed by atoms with Gasteiger partial charge in [0, 0.05) is 37.4 Å². The van der Waals surface area contributed by atoms with Crippen molar-refractivity contribution in [3.05, 3.63) is 96.3 Å². The van der Waals surface area contributed by atoms with Gasteiger partial charge < -0.3 is 14.4 Å². The van der Waals surface area contributed by atoms with E-state index in [-0.39, 0.29) is 20.4 Å². The molecule has 0 atom stereocenters. The second kappa shape index (κ2) is 14.6. The minimum Gasteiger partial charge on any atom is -0.307 e. The Morgan fingerprint density at radius 2 is 1.06 bits per heavy atom. The summed E-state index contributed by atoms with van der Waals surface area (Å²) in [4.78, 5) is 33.3. The van der Waals surface area contributed by atoms with E-state index in [0.717, 1.165) is 44.1 Å². The molecule has 34 heavy (non-hydrogen) atoms. The minimum atomic E-state index is 0. The molecular formula is C27H21ClN2O3Re. The van der Waals surface area contributed by atoms with Gasteiger partial charge in [0.2, 0.25) is 0 Å². The molecule has 0 N–H and O–H groups in total. The predicted molar refractivity (Wildman–Crippen MR) is 134 cm³/mol. The fraction of sp³-hybridized carbons (Fsp3) is 0. The van der Waals surface area contributed by atoms with Crippen molar-refractivity contribution in [3.8, 4) is 22.3 Å². The monoisotopic (exact) mass is 643 g/mol. The van der Waals surface area contributed by atoms with Gasteiger partial charge in [-0.2, -0.15) is 0 Å². The number of carbonyl (C=O) groups is 3. The van der Waals surface area contributed by atoms with Crippen LogP contribution >= 0.6 is 11.6 Å². The van der Waals surface area contributed by atoms with Gasteiger partial charge in [-0.3, -0.25) is 4.98 Å². The molecule has 7 heteroatoms. The van der Waals surface area contributed by atoms with E-state index in [0.29, 0.717) is 5.15 Å². The Morgan fingerprint density at radius 1 is 0.588 bits per heavy atom. The Hall–Kier alpha value is -3.56. The zero-order valence-corrected chi connectivity index (χ0v) is 21.6. The van der Waals surface area contributed by atoms with Crippen molar-refractivity contribution in [1.82, 2.24) is 9.97 Å². The summed E-state index contributed by atoms with van der Waals surface area (Å²) in [5, 5.41) is 2.60. The summed E-state index contributed by atoms with van der Waals surface area (Å²) >= 11 is 6.39. The van der Waals surface area contributed by atoms with Gasteiger partial charge in [0.1, 0.15) is 25.5 Å². The Balaban J connectivity index is 0.000000769. The quantitative estimate of drug-likeness (QED) is 0.169. The SMILES string of the molecule is C=O.C=O.C=O.Clc1cc(-c2ccccc2)c2ccc3c(-c4ccccc4)ccnc3c2n1.[Re]. The normalized spacial score (nSPS) is 9.21. The van der Waals surface area contributed by atoms with E-state index >= 15 is 0 Å². The van der Waals surface area contributed by atoms with E-state index in [4.69, 9.17) is 26.0 Å². The molecule has 0 saturated heterocycles. The maximum absolute atomic E-state index is 8.00. The van der Waals surface area contributed by atoms with E-state index in [2.05, 4.69) is 46.4 Å². The number of fused-ring (bicyclic) bond motifs is 3. The molecule has 3 aromatic carbocycles. The average Bonchev–Trinajstić information content (AvgIpc) is 2.92. The van der Waals surface area contributed by atoms with Crippen LogP contribution in [0.4, 0.5) is 0 Å². The van der Waals surface area contributed by atoms with Gasteiger partial charge in [0.15, 0.2) is 0 Å². The largest absolute Gasteiger partial charge is 0.307 e. The Labute approximate surface area is 216 Å². The number of pyridine rings is 2. The van der Waals surface area contributed by atoms with Crippen molar-refractivity contribution < 1.29 is 34.8 Å². The van der Waals surface area contributed by atoms with Crippen LogP contribution in [0.25, 0.3) is 44.1 Å². The van der Waals surface area contributed by atoms with Gasteiger partial charge in [-0.25, -0.2) is 4.98 Å². The van der Waals surface area contributed by atoms with Crippen LogP contribution < -0.4 is 0 Å². The van der Waals surface area contributed by atoms with Crippen LogP contribution in [0, 0.1) is 0 Å². The number of rotatable bonds is 2. The third kappa shape index (κ3) is 6.06. The molecule has 0 fully saturated rings. The summed E-state index contributed by atoms with van der Waals surface area (Å²) in [5.41, 5.74) is 6.19. The second-order valence-corrected chi connectivity index (χ2v) is 6.83. The Morgan fingerprint density at radius 3 is 1.59 bits per heavy atom. The molecule has 0 saturated carbocycles. The summed E-state index contributed by atoms with van der Waals surface area (Å²) < 4.78 is 0. The zero-order chi connectivity index (χ0) is 24.2. The molecule has 5 rings (SSSR count). The molecule has 1 radical (unpaired) electrons. The van der Waals surface area contributed by atoms with Crippen LogP contribution in [-0.4, -0.2) is 30.3 Å². The summed E-state index contributed by atoms with van der Waals surface area (Å²) in [5.74, 6) is 0. The second-order valence-electron chi connectivity index (χ2n) is 6.44. The van der Waals surface area contributed by atoms with Crippen molar-refractivity contribution in [2.45, 2.75) is 0 Å². The Kier molecular flexibility index (Phi) is 12.2. The van der Waals surface area contributed by atoms with Gasteiger partial charge in [0.05, 0.1) is 11.0 Å². The number of hydrogen-bond donors (Lipinski definition) is 0. The van der Waals surface area contributed by atoms with Crippen LogP contribution in [0.5, 0.6) is 0 Å². The molecule has 0 aliphatic carbocycles. The minimum absolute atomic E-state index is 0. The summed E-state index contributed by atoms with van der Waals surface area (Å²) in [6.07, 6.45) is 1.84. The van der Waals surface area contributed by atoms with Gasteiger partial charge in [-0.1, -0.05) is 84.4 Å². The van der Waals surface area contributed by atoms with Gasteiger partial charge in [-0.15, -0.1) is 0 Å². The van der Waals surface area contributed by atoms with E-state index in [9.17, 15) is 0 Å².